The lowest BCUT2D eigenvalue weighted by atomic mass is 10.2. The topological polar surface area (TPSA) is 79.6 Å². The SMILES string of the molecule is C/C(=N\OCCO)c1ccc(-c2cccc(Nc3cc(C)ccn3)n2)s1. The number of thiophene rings is 1. The Kier molecular flexibility index (Phi) is 5.93. The van der Waals surface area contributed by atoms with Gasteiger partial charge in [-0.05, 0) is 55.8 Å². The van der Waals surface area contributed by atoms with Crippen molar-refractivity contribution in [3.05, 3.63) is 59.1 Å². The fraction of sp³-hybridized carbons (Fsp3) is 0.211. The smallest absolute Gasteiger partial charge is 0.140 e. The van der Waals surface area contributed by atoms with E-state index in [1.54, 1.807) is 17.5 Å². The molecule has 0 aliphatic heterocycles. The number of aliphatic hydroxyl groups excluding tert-OH is 1. The Balaban J connectivity index is 1.77. The zero-order chi connectivity index (χ0) is 18.4. The van der Waals surface area contributed by atoms with Gasteiger partial charge in [-0.1, -0.05) is 11.2 Å². The van der Waals surface area contributed by atoms with Gasteiger partial charge in [0, 0.05) is 6.20 Å². The van der Waals surface area contributed by atoms with Gasteiger partial charge in [-0.15, -0.1) is 11.3 Å². The van der Waals surface area contributed by atoms with Crippen LogP contribution in [0.2, 0.25) is 0 Å². The van der Waals surface area contributed by atoms with Crippen LogP contribution < -0.4 is 5.32 Å². The summed E-state index contributed by atoms with van der Waals surface area (Å²) in [6.45, 7) is 4.05. The second-order valence-electron chi connectivity index (χ2n) is 5.65. The highest BCUT2D eigenvalue weighted by molar-refractivity contribution is 7.17. The van der Waals surface area contributed by atoms with Crippen molar-refractivity contribution in [1.29, 1.82) is 0 Å². The van der Waals surface area contributed by atoms with Crippen molar-refractivity contribution in [2.24, 2.45) is 5.16 Å². The summed E-state index contributed by atoms with van der Waals surface area (Å²) in [5.41, 5.74) is 2.79. The molecule has 0 spiro atoms. The van der Waals surface area contributed by atoms with E-state index in [0.29, 0.717) is 0 Å². The van der Waals surface area contributed by atoms with Crippen molar-refractivity contribution < 1.29 is 9.94 Å². The molecule has 3 aromatic heterocycles. The minimum Gasteiger partial charge on any atom is -0.393 e. The summed E-state index contributed by atoms with van der Waals surface area (Å²) in [4.78, 5) is 16.0. The molecule has 3 heterocycles. The number of aryl methyl sites for hydroxylation is 1. The molecule has 3 aromatic rings. The van der Waals surface area contributed by atoms with Crippen molar-refractivity contribution in [3.63, 3.8) is 0 Å². The molecule has 134 valence electrons. The molecule has 0 atom stereocenters. The fourth-order valence-corrected chi connectivity index (χ4v) is 3.19. The normalized spacial score (nSPS) is 11.4. The van der Waals surface area contributed by atoms with E-state index in [1.165, 1.54) is 0 Å². The van der Waals surface area contributed by atoms with Gasteiger partial charge in [0.05, 0.1) is 27.8 Å². The summed E-state index contributed by atoms with van der Waals surface area (Å²) >= 11 is 1.59. The maximum absolute atomic E-state index is 8.74. The van der Waals surface area contributed by atoms with Gasteiger partial charge >= 0.3 is 0 Å². The number of nitrogens with one attached hydrogen (secondary N) is 1. The molecule has 0 saturated carbocycles. The zero-order valence-corrected chi connectivity index (χ0v) is 15.5. The summed E-state index contributed by atoms with van der Waals surface area (Å²) in [6.07, 6.45) is 1.77. The van der Waals surface area contributed by atoms with Crippen molar-refractivity contribution in [2.75, 3.05) is 18.5 Å². The second kappa shape index (κ2) is 8.55. The van der Waals surface area contributed by atoms with Crippen LogP contribution in [0.25, 0.3) is 10.6 Å². The number of pyridine rings is 2. The quantitative estimate of drug-likeness (QED) is 0.374. The highest BCUT2D eigenvalue weighted by Crippen LogP contribution is 2.28. The lowest BCUT2D eigenvalue weighted by Crippen LogP contribution is -1.97. The molecular weight excluding hydrogens is 348 g/mol. The van der Waals surface area contributed by atoms with Crippen LogP contribution in [-0.4, -0.2) is 34.0 Å². The summed E-state index contributed by atoms with van der Waals surface area (Å²) in [7, 11) is 0. The lowest BCUT2D eigenvalue weighted by Gasteiger charge is -2.06. The highest BCUT2D eigenvalue weighted by atomic mass is 32.1. The molecule has 0 unspecified atom stereocenters. The van der Waals surface area contributed by atoms with Gasteiger partial charge in [0.25, 0.3) is 0 Å². The van der Waals surface area contributed by atoms with Crippen LogP contribution in [0.1, 0.15) is 17.4 Å². The number of nitrogens with zero attached hydrogens (tertiary/aromatic N) is 3. The van der Waals surface area contributed by atoms with Crippen LogP contribution in [0.15, 0.2) is 53.8 Å². The third-order valence-corrected chi connectivity index (χ3v) is 4.74. The Morgan fingerprint density at radius 1 is 1.23 bits per heavy atom. The number of oxime groups is 1. The summed E-state index contributed by atoms with van der Waals surface area (Å²) in [6, 6.07) is 13.8. The highest BCUT2D eigenvalue weighted by Gasteiger charge is 2.08. The molecule has 0 amide bonds. The average Bonchev–Trinajstić information content (AvgIpc) is 3.12. The molecule has 6 nitrogen and oxygen atoms in total. The van der Waals surface area contributed by atoms with E-state index in [9.17, 15) is 0 Å². The van der Waals surface area contributed by atoms with Crippen LogP contribution in [0, 0.1) is 6.92 Å². The first-order chi connectivity index (χ1) is 12.7. The first-order valence-electron chi connectivity index (χ1n) is 8.20. The average molecular weight is 368 g/mol. The largest absolute Gasteiger partial charge is 0.393 e. The van der Waals surface area contributed by atoms with E-state index in [-0.39, 0.29) is 13.2 Å². The minimum absolute atomic E-state index is 0.0496. The van der Waals surface area contributed by atoms with E-state index in [2.05, 4.69) is 20.4 Å². The summed E-state index contributed by atoms with van der Waals surface area (Å²) < 4.78 is 0. The number of rotatable bonds is 7. The number of hydrogen-bond acceptors (Lipinski definition) is 7. The van der Waals surface area contributed by atoms with Crippen LogP contribution >= 0.6 is 11.3 Å². The molecule has 0 aromatic carbocycles. The lowest BCUT2D eigenvalue weighted by molar-refractivity contribution is 0.0987. The molecule has 2 N–H and O–H groups in total. The molecule has 0 saturated heterocycles. The summed E-state index contributed by atoms with van der Waals surface area (Å²) in [5.74, 6) is 1.51. The monoisotopic (exact) mass is 368 g/mol. The number of aliphatic hydroxyl groups is 1. The molecule has 7 heteroatoms. The molecule has 0 aliphatic carbocycles. The number of hydrogen-bond donors (Lipinski definition) is 2. The van der Waals surface area contributed by atoms with E-state index < -0.39 is 0 Å². The van der Waals surface area contributed by atoms with E-state index in [1.807, 2.05) is 56.3 Å². The maximum atomic E-state index is 8.74. The third kappa shape index (κ3) is 4.65. The molecule has 0 aliphatic rings. The van der Waals surface area contributed by atoms with E-state index >= 15 is 0 Å². The Hall–Kier alpha value is -2.77. The first kappa shape index (κ1) is 18.0. The van der Waals surface area contributed by atoms with Crippen molar-refractivity contribution >= 4 is 28.7 Å². The van der Waals surface area contributed by atoms with Crippen LogP contribution in [-0.2, 0) is 4.84 Å². The Labute approximate surface area is 156 Å². The molecule has 0 bridgehead atoms. The molecule has 26 heavy (non-hydrogen) atoms. The van der Waals surface area contributed by atoms with Crippen LogP contribution in [0.4, 0.5) is 11.6 Å². The van der Waals surface area contributed by atoms with Crippen LogP contribution in [0.3, 0.4) is 0 Å². The van der Waals surface area contributed by atoms with Gasteiger partial charge < -0.3 is 15.3 Å². The number of aromatic nitrogens is 2. The van der Waals surface area contributed by atoms with Gasteiger partial charge in [0.2, 0.25) is 0 Å². The maximum Gasteiger partial charge on any atom is 0.140 e. The number of anilines is 2. The van der Waals surface area contributed by atoms with Crippen molar-refractivity contribution in [2.45, 2.75) is 13.8 Å². The predicted molar refractivity (Wildman–Crippen MR) is 105 cm³/mol. The van der Waals surface area contributed by atoms with Crippen molar-refractivity contribution in [3.8, 4) is 10.6 Å². The zero-order valence-electron chi connectivity index (χ0n) is 14.6. The molecule has 0 radical (unpaired) electrons. The molecule has 3 rings (SSSR count). The Morgan fingerprint density at radius 2 is 2.12 bits per heavy atom. The molecule has 0 fully saturated rings. The minimum atomic E-state index is -0.0496. The predicted octanol–water partition coefficient (Wildman–Crippen LogP) is 3.99. The van der Waals surface area contributed by atoms with E-state index in [4.69, 9.17) is 9.94 Å². The third-order valence-electron chi connectivity index (χ3n) is 3.52. The van der Waals surface area contributed by atoms with Crippen LogP contribution in [0.5, 0.6) is 0 Å². The first-order valence-corrected chi connectivity index (χ1v) is 9.02. The van der Waals surface area contributed by atoms with Gasteiger partial charge in [-0.3, -0.25) is 0 Å². The van der Waals surface area contributed by atoms with Crippen molar-refractivity contribution in [1.82, 2.24) is 9.97 Å². The Bertz CT molecular complexity index is 908. The van der Waals surface area contributed by atoms with Gasteiger partial charge in [0.1, 0.15) is 18.2 Å². The second-order valence-corrected chi connectivity index (χ2v) is 6.73. The Morgan fingerprint density at radius 3 is 2.92 bits per heavy atom. The fourth-order valence-electron chi connectivity index (χ4n) is 2.28. The van der Waals surface area contributed by atoms with Gasteiger partial charge in [-0.2, -0.15) is 0 Å². The van der Waals surface area contributed by atoms with Gasteiger partial charge in [0.15, 0.2) is 0 Å². The summed E-state index contributed by atoms with van der Waals surface area (Å²) in [5, 5.41) is 16.0. The van der Waals surface area contributed by atoms with Gasteiger partial charge in [-0.25, -0.2) is 9.97 Å². The van der Waals surface area contributed by atoms with E-state index in [0.717, 1.165) is 38.4 Å². The molecular formula is C19H20N4O2S. The standard InChI is InChI=1S/C19H20N4O2S/c1-13-8-9-20-19(12-13)22-18-5-3-4-15(21-18)17-7-6-16(26-17)14(2)23-25-11-10-24/h3-9,12,24H,10-11H2,1-2H3,(H,20,21,22)/b23-14+.